The Bertz CT molecular complexity index is 365. The van der Waals surface area contributed by atoms with Gasteiger partial charge in [0.2, 0.25) is 0 Å². The molecule has 0 aromatic carbocycles. The average Bonchev–Trinajstić information content (AvgIpc) is 2.76. The number of aromatic nitrogens is 1. The van der Waals surface area contributed by atoms with E-state index in [4.69, 9.17) is 0 Å². The first-order valence-corrected chi connectivity index (χ1v) is 7.49. The van der Waals surface area contributed by atoms with E-state index in [9.17, 15) is 4.79 Å². The van der Waals surface area contributed by atoms with Crippen LogP contribution < -0.4 is 5.32 Å². The van der Waals surface area contributed by atoms with E-state index in [1.54, 1.807) is 11.3 Å². The third-order valence-corrected chi connectivity index (χ3v) is 3.60. The molecule has 1 aromatic rings. The lowest BCUT2D eigenvalue weighted by Gasteiger charge is -2.20. The molecule has 4 nitrogen and oxygen atoms in total. The number of thiazole rings is 1. The minimum Gasteiger partial charge on any atom is -0.338 e. The number of amides is 2. The van der Waals surface area contributed by atoms with Crippen LogP contribution in [0.4, 0.5) is 4.79 Å². The SMILES string of the molecule is CCCCN(CC)C(=O)NCCc1csc(C)n1. The summed E-state index contributed by atoms with van der Waals surface area (Å²) in [6.45, 7) is 8.41. The maximum atomic E-state index is 11.9. The second-order valence-corrected chi connectivity index (χ2v) is 5.34. The molecule has 0 aliphatic heterocycles. The van der Waals surface area contributed by atoms with Gasteiger partial charge in [-0.05, 0) is 20.3 Å². The zero-order valence-corrected chi connectivity index (χ0v) is 12.3. The molecule has 0 spiro atoms. The van der Waals surface area contributed by atoms with E-state index in [2.05, 4.69) is 22.6 Å². The molecular formula is C13H23N3OS. The number of unbranched alkanes of at least 4 members (excludes halogenated alkanes) is 1. The Labute approximate surface area is 113 Å². The topological polar surface area (TPSA) is 45.2 Å². The van der Waals surface area contributed by atoms with Crippen molar-refractivity contribution in [3.05, 3.63) is 16.1 Å². The van der Waals surface area contributed by atoms with Gasteiger partial charge in [-0.25, -0.2) is 9.78 Å². The van der Waals surface area contributed by atoms with E-state index in [0.29, 0.717) is 6.54 Å². The summed E-state index contributed by atoms with van der Waals surface area (Å²) < 4.78 is 0. The van der Waals surface area contributed by atoms with Crippen LogP contribution in [0.5, 0.6) is 0 Å². The molecule has 1 aromatic heterocycles. The van der Waals surface area contributed by atoms with Crippen molar-refractivity contribution >= 4 is 17.4 Å². The molecule has 18 heavy (non-hydrogen) atoms. The number of nitrogens with one attached hydrogen (secondary N) is 1. The van der Waals surface area contributed by atoms with Gasteiger partial charge in [-0.2, -0.15) is 0 Å². The molecule has 0 fully saturated rings. The molecule has 1 rings (SSSR count). The number of urea groups is 1. The van der Waals surface area contributed by atoms with Gasteiger partial charge in [0.15, 0.2) is 0 Å². The zero-order valence-electron chi connectivity index (χ0n) is 11.5. The van der Waals surface area contributed by atoms with E-state index in [-0.39, 0.29) is 6.03 Å². The number of hydrogen-bond donors (Lipinski definition) is 1. The van der Waals surface area contributed by atoms with Crippen LogP contribution in [0.3, 0.4) is 0 Å². The van der Waals surface area contributed by atoms with Crippen molar-refractivity contribution in [3.8, 4) is 0 Å². The summed E-state index contributed by atoms with van der Waals surface area (Å²) in [5, 5.41) is 6.08. The molecule has 0 bridgehead atoms. The number of carbonyl (C=O) groups excluding carboxylic acids is 1. The van der Waals surface area contributed by atoms with Crippen molar-refractivity contribution in [2.45, 2.75) is 40.0 Å². The molecule has 0 aliphatic carbocycles. The third kappa shape index (κ3) is 5.04. The van der Waals surface area contributed by atoms with Gasteiger partial charge in [-0.1, -0.05) is 13.3 Å². The summed E-state index contributed by atoms with van der Waals surface area (Å²) in [7, 11) is 0. The first kappa shape index (κ1) is 15.0. The minimum atomic E-state index is 0.0397. The zero-order chi connectivity index (χ0) is 13.4. The molecule has 0 aliphatic rings. The van der Waals surface area contributed by atoms with Crippen molar-refractivity contribution in [1.29, 1.82) is 0 Å². The Kier molecular flexibility index (Phi) is 6.72. The predicted octanol–water partition coefficient (Wildman–Crippen LogP) is 2.83. The third-order valence-electron chi connectivity index (χ3n) is 2.77. The Morgan fingerprint density at radius 2 is 2.28 bits per heavy atom. The molecule has 1 heterocycles. The largest absolute Gasteiger partial charge is 0.338 e. The second kappa shape index (κ2) is 8.08. The Morgan fingerprint density at radius 1 is 1.50 bits per heavy atom. The van der Waals surface area contributed by atoms with Gasteiger partial charge >= 0.3 is 6.03 Å². The van der Waals surface area contributed by atoms with Crippen molar-refractivity contribution in [1.82, 2.24) is 15.2 Å². The van der Waals surface area contributed by atoms with Crippen molar-refractivity contribution in [2.24, 2.45) is 0 Å². The van der Waals surface area contributed by atoms with Gasteiger partial charge in [0.25, 0.3) is 0 Å². The van der Waals surface area contributed by atoms with Crippen LogP contribution in [-0.4, -0.2) is 35.5 Å². The van der Waals surface area contributed by atoms with Crippen LogP contribution >= 0.6 is 11.3 Å². The second-order valence-electron chi connectivity index (χ2n) is 4.27. The Morgan fingerprint density at radius 3 is 2.83 bits per heavy atom. The molecule has 0 atom stereocenters. The molecule has 0 saturated carbocycles. The lowest BCUT2D eigenvalue weighted by Crippen LogP contribution is -2.41. The smallest absolute Gasteiger partial charge is 0.317 e. The molecule has 102 valence electrons. The fourth-order valence-corrected chi connectivity index (χ4v) is 2.33. The van der Waals surface area contributed by atoms with E-state index >= 15 is 0 Å². The molecule has 0 unspecified atom stereocenters. The maximum absolute atomic E-state index is 11.9. The monoisotopic (exact) mass is 269 g/mol. The summed E-state index contributed by atoms with van der Waals surface area (Å²) in [5.74, 6) is 0. The molecule has 5 heteroatoms. The predicted molar refractivity (Wildman–Crippen MR) is 76.1 cm³/mol. The van der Waals surface area contributed by atoms with Crippen molar-refractivity contribution in [3.63, 3.8) is 0 Å². The molecule has 0 radical (unpaired) electrons. The lowest BCUT2D eigenvalue weighted by molar-refractivity contribution is 0.200. The van der Waals surface area contributed by atoms with E-state index < -0.39 is 0 Å². The van der Waals surface area contributed by atoms with Crippen LogP contribution in [0.25, 0.3) is 0 Å². The molecular weight excluding hydrogens is 246 g/mol. The summed E-state index contributed by atoms with van der Waals surface area (Å²) >= 11 is 1.65. The van der Waals surface area contributed by atoms with Crippen molar-refractivity contribution < 1.29 is 4.79 Å². The van der Waals surface area contributed by atoms with Gasteiger partial charge < -0.3 is 10.2 Å². The van der Waals surface area contributed by atoms with Crippen LogP contribution in [-0.2, 0) is 6.42 Å². The number of nitrogens with zero attached hydrogens (tertiary/aromatic N) is 2. The van der Waals surface area contributed by atoms with Gasteiger partial charge in [-0.3, -0.25) is 0 Å². The summed E-state index contributed by atoms with van der Waals surface area (Å²) in [4.78, 5) is 18.1. The Balaban J connectivity index is 2.26. The highest BCUT2D eigenvalue weighted by molar-refractivity contribution is 7.09. The number of rotatable bonds is 7. The Hall–Kier alpha value is -1.10. The quantitative estimate of drug-likeness (QED) is 0.827. The average molecular weight is 269 g/mol. The lowest BCUT2D eigenvalue weighted by atomic mass is 10.3. The van der Waals surface area contributed by atoms with E-state index in [1.807, 2.05) is 18.7 Å². The maximum Gasteiger partial charge on any atom is 0.317 e. The fraction of sp³-hybridized carbons (Fsp3) is 0.692. The van der Waals surface area contributed by atoms with Crippen molar-refractivity contribution in [2.75, 3.05) is 19.6 Å². The van der Waals surface area contributed by atoms with Gasteiger partial charge in [0.05, 0.1) is 10.7 Å². The van der Waals surface area contributed by atoms with Gasteiger partial charge in [-0.15, -0.1) is 11.3 Å². The number of aryl methyl sites for hydroxylation is 1. The van der Waals surface area contributed by atoms with Gasteiger partial charge in [0, 0.05) is 31.4 Å². The van der Waals surface area contributed by atoms with E-state index in [1.165, 1.54) is 0 Å². The van der Waals surface area contributed by atoms with Crippen LogP contribution in [0.2, 0.25) is 0 Å². The van der Waals surface area contributed by atoms with Crippen LogP contribution in [0, 0.1) is 6.92 Å². The summed E-state index contributed by atoms with van der Waals surface area (Å²) in [6, 6.07) is 0.0397. The minimum absolute atomic E-state index is 0.0397. The number of carbonyl (C=O) groups is 1. The summed E-state index contributed by atoms with van der Waals surface area (Å²) in [5.41, 5.74) is 1.06. The summed E-state index contributed by atoms with van der Waals surface area (Å²) in [6.07, 6.45) is 2.98. The highest BCUT2D eigenvalue weighted by atomic mass is 32.1. The van der Waals surface area contributed by atoms with E-state index in [0.717, 1.165) is 43.1 Å². The van der Waals surface area contributed by atoms with Crippen LogP contribution in [0.15, 0.2) is 5.38 Å². The highest BCUT2D eigenvalue weighted by Crippen LogP contribution is 2.07. The fourth-order valence-electron chi connectivity index (χ4n) is 1.68. The number of hydrogen-bond acceptors (Lipinski definition) is 3. The highest BCUT2D eigenvalue weighted by Gasteiger charge is 2.09. The first-order valence-electron chi connectivity index (χ1n) is 6.61. The van der Waals surface area contributed by atoms with Gasteiger partial charge in [0.1, 0.15) is 0 Å². The molecule has 1 N–H and O–H groups in total. The normalized spacial score (nSPS) is 10.4. The standard InChI is InChI=1S/C13H23N3OS/c1-4-6-9-16(5-2)13(17)14-8-7-12-10-18-11(3)15-12/h10H,4-9H2,1-3H3,(H,14,17). The first-order chi connectivity index (χ1) is 8.67. The molecule has 2 amide bonds. The van der Waals surface area contributed by atoms with Crippen LogP contribution in [0.1, 0.15) is 37.4 Å². The molecule has 0 saturated heterocycles.